The summed E-state index contributed by atoms with van der Waals surface area (Å²) in [7, 11) is 0. The highest BCUT2D eigenvalue weighted by Crippen LogP contribution is 2.10. The number of hydrogen-bond acceptors (Lipinski definition) is 4. The Balaban J connectivity index is 2.36. The molecule has 1 rings (SSSR count). The number of nitrogens with zero attached hydrogens (tertiary/aromatic N) is 2. The first kappa shape index (κ1) is 16.1. The zero-order valence-electron chi connectivity index (χ0n) is 12.3. The quantitative estimate of drug-likeness (QED) is 0.714. The number of carbonyl (C=O) groups is 1. The minimum absolute atomic E-state index is 0.0322. The van der Waals surface area contributed by atoms with Gasteiger partial charge in [-0.05, 0) is 20.8 Å². The molecular formula is C14H26N2O3. The molecule has 0 aromatic heterocycles. The van der Waals surface area contributed by atoms with Gasteiger partial charge in [0, 0.05) is 32.7 Å². The first-order chi connectivity index (χ1) is 8.83. The van der Waals surface area contributed by atoms with Crippen LogP contribution < -0.4 is 0 Å². The van der Waals surface area contributed by atoms with Crippen molar-refractivity contribution < 1.29 is 14.6 Å². The van der Waals surface area contributed by atoms with E-state index >= 15 is 0 Å². The lowest BCUT2D eigenvalue weighted by atomic mass is 10.1. The Morgan fingerprint density at radius 1 is 1.42 bits per heavy atom. The Morgan fingerprint density at radius 2 is 2.00 bits per heavy atom. The Hall–Kier alpha value is -0.910. The average Bonchev–Trinajstić information content (AvgIpc) is 2.34. The summed E-state index contributed by atoms with van der Waals surface area (Å²) in [4.78, 5) is 16.1. The van der Waals surface area contributed by atoms with Gasteiger partial charge in [0.05, 0.1) is 12.2 Å². The van der Waals surface area contributed by atoms with Gasteiger partial charge in [-0.3, -0.25) is 9.69 Å². The van der Waals surface area contributed by atoms with Crippen LogP contribution in [0, 0.1) is 0 Å². The highest BCUT2D eigenvalue weighted by atomic mass is 16.5. The topological polar surface area (TPSA) is 53.0 Å². The fourth-order valence-electron chi connectivity index (χ4n) is 2.21. The molecule has 1 atom stereocenters. The maximum absolute atomic E-state index is 12.1. The third-order valence-electron chi connectivity index (χ3n) is 3.11. The SMILES string of the molecule is C=CCO[C@@H](C)C(=O)N1CCN(CC(C)(C)O)CC1. The summed E-state index contributed by atoms with van der Waals surface area (Å²) in [5, 5.41) is 9.78. The lowest BCUT2D eigenvalue weighted by Crippen LogP contribution is -2.53. The van der Waals surface area contributed by atoms with Gasteiger partial charge in [-0.25, -0.2) is 0 Å². The minimum atomic E-state index is -0.688. The van der Waals surface area contributed by atoms with Crippen LogP contribution in [-0.2, 0) is 9.53 Å². The second-order valence-electron chi connectivity index (χ2n) is 5.68. The monoisotopic (exact) mass is 270 g/mol. The zero-order chi connectivity index (χ0) is 14.5. The third kappa shape index (κ3) is 5.72. The number of β-amino-alcohol motifs (C(OH)–C–C–N with tert-alkyl or cyclic N) is 1. The Morgan fingerprint density at radius 3 is 2.47 bits per heavy atom. The molecule has 0 aromatic rings. The van der Waals surface area contributed by atoms with Crippen LogP contribution in [0.3, 0.4) is 0 Å². The molecule has 1 saturated heterocycles. The Kier molecular flexibility index (Phi) is 5.97. The molecule has 5 nitrogen and oxygen atoms in total. The van der Waals surface area contributed by atoms with Crippen molar-refractivity contribution in [2.75, 3.05) is 39.3 Å². The summed E-state index contributed by atoms with van der Waals surface area (Å²) < 4.78 is 5.35. The highest BCUT2D eigenvalue weighted by Gasteiger charge is 2.27. The molecule has 1 N–H and O–H groups in total. The smallest absolute Gasteiger partial charge is 0.251 e. The van der Waals surface area contributed by atoms with E-state index in [1.165, 1.54) is 0 Å². The van der Waals surface area contributed by atoms with Crippen LogP contribution in [0.5, 0.6) is 0 Å². The number of ether oxygens (including phenoxy) is 1. The lowest BCUT2D eigenvalue weighted by Gasteiger charge is -2.38. The second-order valence-corrected chi connectivity index (χ2v) is 5.68. The van der Waals surface area contributed by atoms with E-state index < -0.39 is 11.7 Å². The molecule has 0 radical (unpaired) electrons. The van der Waals surface area contributed by atoms with Crippen molar-refractivity contribution in [1.82, 2.24) is 9.80 Å². The van der Waals surface area contributed by atoms with Gasteiger partial charge in [0.2, 0.25) is 0 Å². The summed E-state index contributed by atoms with van der Waals surface area (Å²) >= 11 is 0. The first-order valence-corrected chi connectivity index (χ1v) is 6.79. The first-order valence-electron chi connectivity index (χ1n) is 6.79. The van der Waals surface area contributed by atoms with Crippen LogP contribution in [-0.4, -0.2) is 71.8 Å². The average molecular weight is 270 g/mol. The molecule has 110 valence electrons. The molecule has 0 bridgehead atoms. The van der Waals surface area contributed by atoms with Crippen molar-refractivity contribution in [1.29, 1.82) is 0 Å². The van der Waals surface area contributed by atoms with E-state index in [9.17, 15) is 9.90 Å². The van der Waals surface area contributed by atoms with Gasteiger partial charge < -0.3 is 14.7 Å². The summed E-state index contributed by atoms with van der Waals surface area (Å²) in [5.74, 6) is 0.0322. The predicted octanol–water partition coefficient (Wildman–Crippen LogP) is 0.493. The number of aliphatic hydroxyl groups is 1. The summed E-state index contributed by atoms with van der Waals surface area (Å²) in [6.07, 6.45) is 1.23. The van der Waals surface area contributed by atoms with E-state index in [4.69, 9.17) is 4.74 Å². The molecule has 1 fully saturated rings. The van der Waals surface area contributed by atoms with E-state index in [1.807, 2.05) is 4.90 Å². The molecule has 0 saturated carbocycles. The molecule has 1 amide bonds. The van der Waals surface area contributed by atoms with Gasteiger partial charge in [-0.15, -0.1) is 6.58 Å². The maximum Gasteiger partial charge on any atom is 0.251 e. The Bertz CT molecular complexity index is 304. The molecule has 0 spiro atoms. The van der Waals surface area contributed by atoms with Gasteiger partial charge in [0.25, 0.3) is 5.91 Å². The van der Waals surface area contributed by atoms with E-state index in [1.54, 1.807) is 26.8 Å². The van der Waals surface area contributed by atoms with Crippen molar-refractivity contribution in [3.8, 4) is 0 Å². The number of rotatable bonds is 6. The fraction of sp³-hybridized carbons (Fsp3) is 0.786. The van der Waals surface area contributed by atoms with E-state index in [0.29, 0.717) is 26.2 Å². The molecule has 0 aromatic carbocycles. The summed E-state index contributed by atoms with van der Waals surface area (Å²) in [5.41, 5.74) is -0.688. The Labute approximate surface area is 115 Å². The van der Waals surface area contributed by atoms with E-state index in [2.05, 4.69) is 11.5 Å². The zero-order valence-corrected chi connectivity index (χ0v) is 12.3. The largest absolute Gasteiger partial charge is 0.389 e. The molecule has 1 heterocycles. The van der Waals surface area contributed by atoms with Crippen LogP contribution >= 0.6 is 0 Å². The molecular weight excluding hydrogens is 244 g/mol. The minimum Gasteiger partial charge on any atom is -0.389 e. The molecule has 5 heteroatoms. The number of hydrogen-bond donors (Lipinski definition) is 1. The molecule has 0 aliphatic carbocycles. The lowest BCUT2D eigenvalue weighted by molar-refractivity contribution is -0.144. The van der Waals surface area contributed by atoms with Crippen LogP contribution in [0.2, 0.25) is 0 Å². The molecule has 0 unspecified atom stereocenters. The predicted molar refractivity (Wildman–Crippen MR) is 74.9 cm³/mol. The highest BCUT2D eigenvalue weighted by molar-refractivity contribution is 5.80. The van der Waals surface area contributed by atoms with Crippen molar-refractivity contribution in [3.63, 3.8) is 0 Å². The summed E-state index contributed by atoms with van der Waals surface area (Å²) in [6, 6.07) is 0. The third-order valence-corrected chi connectivity index (χ3v) is 3.11. The van der Waals surface area contributed by atoms with Gasteiger partial charge in [0.1, 0.15) is 6.10 Å². The van der Waals surface area contributed by atoms with E-state index in [-0.39, 0.29) is 5.91 Å². The van der Waals surface area contributed by atoms with Crippen LogP contribution in [0.4, 0.5) is 0 Å². The number of amides is 1. The normalized spacial score (nSPS) is 19.3. The van der Waals surface area contributed by atoms with Gasteiger partial charge in [0.15, 0.2) is 0 Å². The van der Waals surface area contributed by atoms with Crippen molar-refractivity contribution in [2.45, 2.75) is 32.5 Å². The van der Waals surface area contributed by atoms with Gasteiger partial charge in [-0.1, -0.05) is 6.08 Å². The number of piperazine rings is 1. The second kappa shape index (κ2) is 7.03. The van der Waals surface area contributed by atoms with Crippen LogP contribution in [0.1, 0.15) is 20.8 Å². The summed E-state index contributed by atoms with van der Waals surface area (Å²) in [6.45, 7) is 12.9. The van der Waals surface area contributed by atoms with Gasteiger partial charge >= 0.3 is 0 Å². The van der Waals surface area contributed by atoms with Gasteiger partial charge in [-0.2, -0.15) is 0 Å². The fourth-order valence-corrected chi connectivity index (χ4v) is 2.21. The van der Waals surface area contributed by atoms with Crippen molar-refractivity contribution in [2.24, 2.45) is 0 Å². The van der Waals surface area contributed by atoms with E-state index in [0.717, 1.165) is 13.1 Å². The van der Waals surface area contributed by atoms with Crippen LogP contribution in [0.15, 0.2) is 12.7 Å². The number of carbonyl (C=O) groups excluding carboxylic acids is 1. The molecule has 1 aliphatic rings. The molecule has 19 heavy (non-hydrogen) atoms. The van der Waals surface area contributed by atoms with Crippen LogP contribution in [0.25, 0.3) is 0 Å². The van der Waals surface area contributed by atoms with Crippen molar-refractivity contribution in [3.05, 3.63) is 12.7 Å². The maximum atomic E-state index is 12.1. The molecule has 1 aliphatic heterocycles. The van der Waals surface area contributed by atoms with Crippen molar-refractivity contribution >= 4 is 5.91 Å². The standard InChI is InChI=1S/C14H26N2O3/c1-5-10-19-12(2)13(17)16-8-6-15(7-9-16)11-14(3,4)18/h5,12,18H,1,6-11H2,2-4H3/t12-/m0/s1.